The Morgan fingerprint density at radius 3 is 2.54 bits per heavy atom. The Bertz CT molecular complexity index is 981. The van der Waals surface area contributed by atoms with Crippen LogP contribution in [0, 0.1) is 0 Å². The largest absolute Gasteiger partial charge is 0.496 e. The molecule has 6 heteroatoms. The van der Waals surface area contributed by atoms with E-state index in [1.807, 2.05) is 41.8 Å². The number of hydrogen-bond acceptors (Lipinski definition) is 5. The molecule has 0 aliphatic heterocycles. The molecule has 28 heavy (non-hydrogen) atoms. The zero-order valence-corrected chi connectivity index (χ0v) is 16.4. The van der Waals surface area contributed by atoms with Gasteiger partial charge in [0.15, 0.2) is 6.61 Å². The number of hydrogen-bond donors (Lipinski definition) is 0. The maximum Gasteiger partial charge on any atom is 0.342 e. The summed E-state index contributed by atoms with van der Waals surface area (Å²) >= 11 is 1.57. The first kappa shape index (κ1) is 19.6. The van der Waals surface area contributed by atoms with E-state index in [0.717, 1.165) is 15.6 Å². The molecule has 144 valence electrons. The molecule has 0 bridgehead atoms. The van der Waals surface area contributed by atoms with Gasteiger partial charge in [-0.2, -0.15) is 0 Å². The highest BCUT2D eigenvalue weighted by molar-refractivity contribution is 7.09. The van der Waals surface area contributed by atoms with Gasteiger partial charge in [0.2, 0.25) is 0 Å². The van der Waals surface area contributed by atoms with Gasteiger partial charge >= 0.3 is 5.97 Å². The fourth-order valence-electron chi connectivity index (χ4n) is 2.85. The second-order valence-electron chi connectivity index (χ2n) is 6.12. The lowest BCUT2D eigenvalue weighted by atomic mass is 10.1. The molecule has 0 saturated carbocycles. The lowest BCUT2D eigenvalue weighted by Crippen LogP contribution is -2.34. The van der Waals surface area contributed by atoms with Crippen molar-refractivity contribution in [2.75, 3.05) is 20.3 Å². The van der Waals surface area contributed by atoms with Crippen molar-refractivity contribution in [1.82, 2.24) is 4.90 Å². The summed E-state index contributed by atoms with van der Waals surface area (Å²) < 4.78 is 10.6. The summed E-state index contributed by atoms with van der Waals surface area (Å²) in [6.07, 6.45) is 1.65. The molecular formula is C22H21NO4S. The van der Waals surface area contributed by atoms with Crippen LogP contribution in [0.25, 0.3) is 10.8 Å². The highest BCUT2D eigenvalue weighted by Crippen LogP contribution is 2.26. The van der Waals surface area contributed by atoms with Crippen LogP contribution in [0.4, 0.5) is 0 Å². The fraction of sp³-hybridized carbons (Fsp3) is 0.182. The molecule has 0 unspecified atom stereocenters. The number of carbonyl (C=O) groups is 2. The van der Waals surface area contributed by atoms with Crippen LogP contribution in [0.5, 0.6) is 5.75 Å². The third-order valence-electron chi connectivity index (χ3n) is 4.24. The second kappa shape index (κ2) is 9.19. The topological polar surface area (TPSA) is 55.8 Å². The zero-order chi connectivity index (χ0) is 19.9. The van der Waals surface area contributed by atoms with Gasteiger partial charge in [0.1, 0.15) is 11.3 Å². The van der Waals surface area contributed by atoms with Gasteiger partial charge in [0, 0.05) is 11.4 Å². The summed E-state index contributed by atoms with van der Waals surface area (Å²) in [6.45, 7) is 4.19. The summed E-state index contributed by atoms with van der Waals surface area (Å²) in [5.41, 5.74) is 0.294. The molecule has 0 atom stereocenters. The Morgan fingerprint density at radius 1 is 1.14 bits per heavy atom. The number of thiophene rings is 1. The van der Waals surface area contributed by atoms with Gasteiger partial charge < -0.3 is 14.4 Å². The number of fused-ring (bicyclic) bond motifs is 1. The van der Waals surface area contributed by atoms with E-state index in [0.29, 0.717) is 24.4 Å². The first-order chi connectivity index (χ1) is 13.6. The number of esters is 1. The quantitative estimate of drug-likeness (QED) is 0.422. The summed E-state index contributed by atoms with van der Waals surface area (Å²) in [5.74, 6) is -0.454. The van der Waals surface area contributed by atoms with Crippen LogP contribution in [0.2, 0.25) is 0 Å². The molecular weight excluding hydrogens is 374 g/mol. The standard InChI is InChI=1S/C22H21NO4S/c1-3-10-23(14-18-9-6-11-28-18)21(24)15-27-22(25)19-12-16-7-4-5-8-17(16)13-20(19)26-2/h3-9,11-13H,1,10,14-15H2,2H3. The van der Waals surface area contributed by atoms with Crippen LogP contribution in [0.3, 0.4) is 0 Å². The molecule has 1 aromatic heterocycles. The molecule has 0 aliphatic rings. The molecule has 5 nitrogen and oxygen atoms in total. The van der Waals surface area contributed by atoms with Crippen molar-refractivity contribution in [2.24, 2.45) is 0 Å². The number of benzene rings is 2. The number of amides is 1. The number of methoxy groups -OCH3 is 1. The molecule has 3 aromatic rings. The Hall–Kier alpha value is -3.12. The number of carbonyl (C=O) groups excluding carboxylic acids is 2. The van der Waals surface area contributed by atoms with E-state index in [1.54, 1.807) is 34.4 Å². The minimum atomic E-state index is -0.592. The maximum atomic E-state index is 12.6. The molecule has 0 aliphatic carbocycles. The van der Waals surface area contributed by atoms with E-state index in [9.17, 15) is 9.59 Å². The molecule has 0 saturated heterocycles. The van der Waals surface area contributed by atoms with Crippen molar-refractivity contribution >= 4 is 34.0 Å². The Kier molecular flexibility index (Phi) is 6.45. The molecule has 0 spiro atoms. The van der Waals surface area contributed by atoms with E-state index in [2.05, 4.69) is 6.58 Å². The van der Waals surface area contributed by atoms with Crippen molar-refractivity contribution in [3.63, 3.8) is 0 Å². The molecule has 3 rings (SSSR count). The van der Waals surface area contributed by atoms with Crippen LogP contribution in [-0.4, -0.2) is 37.0 Å². The Balaban J connectivity index is 1.70. The first-order valence-corrected chi connectivity index (χ1v) is 9.65. The monoisotopic (exact) mass is 395 g/mol. The van der Waals surface area contributed by atoms with Gasteiger partial charge in [-0.25, -0.2) is 4.79 Å². The van der Waals surface area contributed by atoms with Gasteiger partial charge in [0.25, 0.3) is 5.91 Å². The van der Waals surface area contributed by atoms with Gasteiger partial charge in [0.05, 0.1) is 13.7 Å². The fourth-order valence-corrected chi connectivity index (χ4v) is 3.56. The van der Waals surface area contributed by atoms with Gasteiger partial charge in [-0.1, -0.05) is 36.4 Å². The van der Waals surface area contributed by atoms with E-state index in [-0.39, 0.29) is 12.5 Å². The Morgan fingerprint density at radius 2 is 1.89 bits per heavy atom. The van der Waals surface area contributed by atoms with Gasteiger partial charge in [-0.3, -0.25) is 4.79 Å². The highest BCUT2D eigenvalue weighted by Gasteiger charge is 2.19. The molecule has 0 N–H and O–H groups in total. The minimum Gasteiger partial charge on any atom is -0.496 e. The zero-order valence-electron chi connectivity index (χ0n) is 15.6. The van der Waals surface area contributed by atoms with Crippen LogP contribution >= 0.6 is 11.3 Å². The maximum absolute atomic E-state index is 12.6. The van der Waals surface area contributed by atoms with Crippen LogP contribution in [0.1, 0.15) is 15.2 Å². The third-order valence-corrected chi connectivity index (χ3v) is 5.10. The molecule has 0 radical (unpaired) electrons. The lowest BCUT2D eigenvalue weighted by Gasteiger charge is -2.20. The molecule has 2 aromatic carbocycles. The average molecular weight is 395 g/mol. The minimum absolute atomic E-state index is 0.276. The van der Waals surface area contributed by atoms with E-state index in [4.69, 9.17) is 9.47 Å². The molecule has 0 fully saturated rings. The molecule has 1 amide bonds. The predicted octanol–water partition coefficient (Wildman–Crippen LogP) is 4.28. The van der Waals surface area contributed by atoms with Crippen molar-refractivity contribution in [3.05, 3.63) is 77.0 Å². The smallest absolute Gasteiger partial charge is 0.342 e. The summed E-state index contributed by atoms with van der Waals surface area (Å²) in [7, 11) is 1.50. The SMILES string of the molecule is C=CCN(Cc1cccs1)C(=O)COC(=O)c1cc2ccccc2cc1OC. The second-order valence-corrected chi connectivity index (χ2v) is 7.15. The van der Waals surface area contributed by atoms with Crippen molar-refractivity contribution in [1.29, 1.82) is 0 Å². The van der Waals surface area contributed by atoms with Crippen molar-refractivity contribution in [3.8, 4) is 5.75 Å². The van der Waals surface area contributed by atoms with Crippen LogP contribution < -0.4 is 4.74 Å². The normalized spacial score (nSPS) is 10.5. The predicted molar refractivity (Wildman–Crippen MR) is 111 cm³/mol. The summed E-state index contributed by atoms with van der Waals surface area (Å²) in [5, 5.41) is 3.81. The lowest BCUT2D eigenvalue weighted by molar-refractivity contribution is -0.134. The van der Waals surface area contributed by atoms with Crippen LogP contribution in [0.15, 0.2) is 66.6 Å². The van der Waals surface area contributed by atoms with Gasteiger partial charge in [-0.15, -0.1) is 17.9 Å². The van der Waals surface area contributed by atoms with E-state index < -0.39 is 5.97 Å². The highest BCUT2D eigenvalue weighted by atomic mass is 32.1. The van der Waals surface area contributed by atoms with Crippen molar-refractivity contribution in [2.45, 2.75) is 6.54 Å². The Labute approximate surface area is 167 Å². The molecule has 1 heterocycles. The van der Waals surface area contributed by atoms with E-state index in [1.165, 1.54) is 7.11 Å². The average Bonchev–Trinajstić information content (AvgIpc) is 3.23. The first-order valence-electron chi connectivity index (χ1n) is 8.77. The number of ether oxygens (including phenoxy) is 2. The number of nitrogens with zero attached hydrogens (tertiary/aromatic N) is 1. The summed E-state index contributed by atoms with van der Waals surface area (Å²) in [4.78, 5) is 27.8. The third kappa shape index (κ3) is 4.58. The van der Waals surface area contributed by atoms with E-state index >= 15 is 0 Å². The summed E-state index contributed by atoms with van der Waals surface area (Å²) in [6, 6.07) is 15.1. The number of rotatable bonds is 8. The van der Waals surface area contributed by atoms with Crippen molar-refractivity contribution < 1.29 is 19.1 Å². The van der Waals surface area contributed by atoms with Crippen LogP contribution in [-0.2, 0) is 16.1 Å². The van der Waals surface area contributed by atoms with Gasteiger partial charge in [-0.05, 0) is 34.4 Å².